The van der Waals surface area contributed by atoms with Gasteiger partial charge in [-0.1, -0.05) is 0 Å². The van der Waals surface area contributed by atoms with Crippen molar-refractivity contribution in [2.24, 2.45) is 10.9 Å². The second-order valence-corrected chi connectivity index (χ2v) is 7.00. The van der Waals surface area contributed by atoms with Crippen LogP contribution in [0.5, 0.6) is 0 Å². The van der Waals surface area contributed by atoms with Crippen LogP contribution in [0.3, 0.4) is 0 Å². The lowest BCUT2D eigenvalue weighted by molar-refractivity contribution is 0.0203. The molecule has 0 atom stereocenters. The number of guanidine groups is 1. The van der Waals surface area contributed by atoms with E-state index in [1.54, 1.807) is 18.4 Å². The van der Waals surface area contributed by atoms with E-state index >= 15 is 0 Å². The Balaban J connectivity index is 0.00000288. The number of aliphatic imine (C=N–C) groups is 1. The zero-order chi connectivity index (χ0) is 16.3. The van der Waals surface area contributed by atoms with Gasteiger partial charge in [-0.05, 0) is 32.1 Å². The molecule has 1 aromatic heterocycles. The molecule has 1 aromatic rings. The van der Waals surface area contributed by atoms with Crippen molar-refractivity contribution in [3.05, 3.63) is 16.1 Å². The Morgan fingerprint density at radius 3 is 2.88 bits per heavy atom. The van der Waals surface area contributed by atoms with Crippen molar-refractivity contribution in [2.75, 3.05) is 40.0 Å². The highest BCUT2D eigenvalue weighted by Gasteiger charge is 2.13. The maximum atomic E-state index is 5.76. The third kappa shape index (κ3) is 8.59. The molecule has 1 fully saturated rings. The van der Waals surface area contributed by atoms with Gasteiger partial charge >= 0.3 is 0 Å². The molecule has 0 spiro atoms. The van der Waals surface area contributed by atoms with Gasteiger partial charge in [0.1, 0.15) is 0 Å². The summed E-state index contributed by atoms with van der Waals surface area (Å²) in [7, 11) is 1.79. The van der Waals surface area contributed by atoms with Crippen molar-refractivity contribution in [1.29, 1.82) is 0 Å². The first-order chi connectivity index (χ1) is 11.3. The quantitative estimate of drug-likeness (QED) is 0.266. The monoisotopic (exact) mass is 468 g/mol. The number of hydrogen-bond donors (Lipinski definition) is 2. The predicted molar refractivity (Wildman–Crippen MR) is 109 cm³/mol. The molecule has 2 heterocycles. The van der Waals surface area contributed by atoms with Gasteiger partial charge in [-0.15, -0.1) is 35.3 Å². The smallest absolute Gasteiger partial charge is 0.191 e. The van der Waals surface area contributed by atoms with Gasteiger partial charge < -0.3 is 20.1 Å². The SMILES string of the molecule is CN=C(NCCCOCC1CCOCC1)NCc1cnc(C)s1.I. The van der Waals surface area contributed by atoms with Crippen LogP contribution in [-0.4, -0.2) is 51.0 Å². The molecule has 6 nitrogen and oxygen atoms in total. The molecule has 0 bridgehead atoms. The fourth-order valence-corrected chi connectivity index (χ4v) is 3.16. The summed E-state index contributed by atoms with van der Waals surface area (Å²) in [6.07, 6.45) is 5.14. The maximum Gasteiger partial charge on any atom is 0.191 e. The molecule has 24 heavy (non-hydrogen) atoms. The van der Waals surface area contributed by atoms with Crippen molar-refractivity contribution in [1.82, 2.24) is 15.6 Å². The highest BCUT2D eigenvalue weighted by atomic mass is 127. The fraction of sp³-hybridized carbons (Fsp3) is 0.750. The Morgan fingerprint density at radius 2 is 2.21 bits per heavy atom. The minimum atomic E-state index is 0. The number of rotatable bonds is 8. The molecule has 1 aliphatic rings. The Morgan fingerprint density at radius 1 is 1.42 bits per heavy atom. The van der Waals surface area contributed by atoms with E-state index in [4.69, 9.17) is 9.47 Å². The van der Waals surface area contributed by atoms with E-state index < -0.39 is 0 Å². The van der Waals surface area contributed by atoms with E-state index in [0.29, 0.717) is 5.92 Å². The number of nitrogens with zero attached hydrogens (tertiary/aromatic N) is 2. The number of ether oxygens (including phenoxy) is 2. The van der Waals surface area contributed by atoms with Crippen LogP contribution in [0.2, 0.25) is 0 Å². The molecule has 138 valence electrons. The second kappa shape index (κ2) is 12.8. The highest BCUT2D eigenvalue weighted by molar-refractivity contribution is 14.0. The zero-order valence-electron chi connectivity index (χ0n) is 14.5. The molecular weight excluding hydrogens is 439 g/mol. The van der Waals surface area contributed by atoms with Gasteiger partial charge in [0.15, 0.2) is 5.96 Å². The molecule has 8 heteroatoms. The molecule has 0 amide bonds. The minimum Gasteiger partial charge on any atom is -0.381 e. The number of hydrogen-bond acceptors (Lipinski definition) is 5. The first kappa shape index (κ1) is 21.6. The van der Waals surface area contributed by atoms with Crippen molar-refractivity contribution < 1.29 is 9.47 Å². The standard InChI is InChI=1S/C16H28N4O2S.HI/c1-13-19-10-15(23-13)11-20-16(17-2)18-6-3-7-22-12-14-4-8-21-9-5-14;/h10,14H,3-9,11-12H2,1-2H3,(H2,17,18,20);1H. The van der Waals surface area contributed by atoms with Crippen LogP contribution in [0.25, 0.3) is 0 Å². The number of aryl methyl sites for hydroxylation is 1. The summed E-state index contributed by atoms with van der Waals surface area (Å²) in [6.45, 7) is 7.05. The number of aromatic nitrogens is 1. The lowest BCUT2D eigenvalue weighted by Crippen LogP contribution is -2.37. The molecule has 1 aliphatic heterocycles. The fourth-order valence-electron chi connectivity index (χ4n) is 2.42. The van der Waals surface area contributed by atoms with E-state index in [-0.39, 0.29) is 24.0 Å². The molecule has 0 radical (unpaired) electrons. The molecule has 0 unspecified atom stereocenters. The summed E-state index contributed by atoms with van der Waals surface area (Å²) in [6, 6.07) is 0. The van der Waals surface area contributed by atoms with Crippen molar-refractivity contribution in [3.63, 3.8) is 0 Å². The molecule has 0 saturated carbocycles. The van der Waals surface area contributed by atoms with Crippen molar-refractivity contribution in [2.45, 2.75) is 32.7 Å². The van der Waals surface area contributed by atoms with Crippen molar-refractivity contribution >= 4 is 41.3 Å². The van der Waals surface area contributed by atoms with Crippen LogP contribution in [0.15, 0.2) is 11.2 Å². The second-order valence-electron chi connectivity index (χ2n) is 5.68. The van der Waals surface area contributed by atoms with Gasteiger partial charge in [0, 0.05) is 51.1 Å². The summed E-state index contributed by atoms with van der Waals surface area (Å²) in [5.74, 6) is 1.49. The van der Waals surface area contributed by atoms with Crippen LogP contribution in [0.1, 0.15) is 29.1 Å². The Labute approximate surface area is 165 Å². The Kier molecular flexibility index (Phi) is 11.6. The summed E-state index contributed by atoms with van der Waals surface area (Å²) in [5.41, 5.74) is 0. The van der Waals surface area contributed by atoms with Crippen LogP contribution in [-0.2, 0) is 16.0 Å². The lowest BCUT2D eigenvalue weighted by atomic mass is 10.0. The molecule has 1 saturated heterocycles. The topological polar surface area (TPSA) is 67.8 Å². The third-order valence-corrected chi connectivity index (χ3v) is 4.69. The predicted octanol–water partition coefficient (Wildman–Crippen LogP) is 2.57. The summed E-state index contributed by atoms with van der Waals surface area (Å²) in [5, 5.41) is 7.69. The van der Waals surface area contributed by atoms with Gasteiger partial charge in [0.05, 0.1) is 11.6 Å². The molecular formula is C16H29IN4O2S. The van der Waals surface area contributed by atoms with E-state index in [1.807, 2.05) is 13.1 Å². The van der Waals surface area contributed by atoms with Gasteiger partial charge in [-0.3, -0.25) is 4.99 Å². The zero-order valence-corrected chi connectivity index (χ0v) is 17.7. The van der Waals surface area contributed by atoms with E-state index in [9.17, 15) is 0 Å². The van der Waals surface area contributed by atoms with Gasteiger partial charge in [-0.25, -0.2) is 4.98 Å². The Hall–Kier alpha value is -0.450. The number of thiazole rings is 1. The van der Waals surface area contributed by atoms with E-state index in [2.05, 4.69) is 20.6 Å². The molecule has 0 aliphatic carbocycles. The van der Waals surface area contributed by atoms with E-state index in [0.717, 1.165) is 69.7 Å². The van der Waals surface area contributed by atoms with Crippen LogP contribution >= 0.6 is 35.3 Å². The van der Waals surface area contributed by atoms with Crippen LogP contribution < -0.4 is 10.6 Å². The van der Waals surface area contributed by atoms with Crippen LogP contribution in [0, 0.1) is 12.8 Å². The average molecular weight is 468 g/mol. The summed E-state index contributed by atoms with van der Waals surface area (Å²) in [4.78, 5) is 9.69. The molecule has 0 aromatic carbocycles. The van der Waals surface area contributed by atoms with Crippen LogP contribution in [0.4, 0.5) is 0 Å². The van der Waals surface area contributed by atoms with Gasteiger partial charge in [-0.2, -0.15) is 0 Å². The Bertz CT molecular complexity index is 478. The first-order valence-corrected chi connectivity index (χ1v) is 9.11. The average Bonchev–Trinajstić information content (AvgIpc) is 3.00. The minimum absolute atomic E-state index is 0. The lowest BCUT2D eigenvalue weighted by Gasteiger charge is -2.21. The number of halogens is 1. The van der Waals surface area contributed by atoms with Gasteiger partial charge in [0.25, 0.3) is 0 Å². The van der Waals surface area contributed by atoms with E-state index in [1.165, 1.54) is 4.88 Å². The normalized spacial score (nSPS) is 15.8. The third-order valence-electron chi connectivity index (χ3n) is 3.78. The maximum absolute atomic E-state index is 5.76. The highest BCUT2D eigenvalue weighted by Crippen LogP contribution is 2.14. The summed E-state index contributed by atoms with van der Waals surface area (Å²) < 4.78 is 11.1. The number of nitrogens with one attached hydrogen (secondary N) is 2. The molecule has 2 N–H and O–H groups in total. The summed E-state index contributed by atoms with van der Waals surface area (Å²) >= 11 is 1.70. The van der Waals surface area contributed by atoms with Gasteiger partial charge in [0.2, 0.25) is 0 Å². The van der Waals surface area contributed by atoms with Crippen molar-refractivity contribution in [3.8, 4) is 0 Å². The molecule has 2 rings (SSSR count). The largest absolute Gasteiger partial charge is 0.381 e. The first-order valence-electron chi connectivity index (χ1n) is 8.29.